The summed E-state index contributed by atoms with van der Waals surface area (Å²) in [4.78, 5) is 38.4. The average Bonchev–Trinajstić information content (AvgIpc) is 3.13. The van der Waals surface area contributed by atoms with Crippen LogP contribution in [0.15, 0.2) is 48.5 Å². The average molecular weight is 469 g/mol. The van der Waals surface area contributed by atoms with Gasteiger partial charge in [0.2, 0.25) is 5.91 Å². The third-order valence-electron chi connectivity index (χ3n) is 6.32. The van der Waals surface area contributed by atoms with Crippen molar-refractivity contribution >= 4 is 18.0 Å². The van der Waals surface area contributed by atoms with Crippen LogP contribution in [-0.2, 0) is 19.1 Å². The minimum absolute atomic E-state index is 0.0498. The largest absolute Gasteiger partial charge is 0.481 e. The van der Waals surface area contributed by atoms with Crippen LogP contribution in [0.3, 0.4) is 0 Å². The van der Waals surface area contributed by atoms with E-state index in [0.29, 0.717) is 0 Å². The standard InChI is InChI=1S/C26H32N2O6/c1-26(2,16-33-4)28(3)24(31)22(13-14-23(29)30)27-25(32)34-15-21-19-11-7-5-9-17(19)18-10-6-8-12-20(18)21/h5-12,21-22H,13-16H2,1-4H3,(H,27,32)(H,29,30). The molecule has 2 N–H and O–H groups in total. The molecule has 2 aromatic carbocycles. The third-order valence-corrected chi connectivity index (χ3v) is 6.32. The number of nitrogens with one attached hydrogen (secondary N) is 1. The van der Waals surface area contributed by atoms with Gasteiger partial charge in [-0.25, -0.2) is 4.79 Å². The zero-order valence-electron chi connectivity index (χ0n) is 20.0. The molecular weight excluding hydrogens is 436 g/mol. The summed E-state index contributed by atoms with van der Waals surface area (Å²) < 4.78 is 10.7. The number of benzene rings is 2. The van der Waals surface area contributed by atoms with Crippen molar-refractivity contribution in [2.75, 3.05) is 27.4 Å². The van der Waals surface area contributed by atoms with Crippen LogP contribution in [0.1, 0.15) is 43.7 Å². The Morgan fingerprint density at radius 3 is 2.15 bits per heavy atom. The van der Waals surface area contributed by atoms with E-state index in [9.17, 15) is 14.4 Å². The van der Waals surface area contributed by atoms with Gasteiger partial charge in [-0.15, -0.1) is 0 Å². The van der Waals surface area contributed by atoms with E-state index in [4.69, 9.17) is 14.6 Å². The first-order valence-electron chi connectivity index (χ1n) is 11.3. The maximum Gasteiger partial charge on any atom is 0.407 e. The first-order chi connectivity index (χ1) is 16.2. The maximum absolute atomic E-state index is 13.1. The Hall–Kier alpha value is -3.39. The molecule has 1 aliphatic carbocycles. The van der Waals surface area contributed by atoms with Crippen molar-refractivity contribution in [3.8, 4) is 11.1 Å². The number of alkyl carbamates (subject to hydrolysis) is 1. The fourth-order valence-corrected chi connectivity index (χ4v) is 4.29. The van der Waals surface area contributed by atoms with Crippen molar-refractivity contribution in [1.29, 1.82) is 0 Å². The number of carbonyl (C=O) groups excluding carboxylic acids is 2. The second kappa shape index (κ2) is 10.7. The van der Waals surface area contributed by atoms with E-state index in [0.717, 1.165) is 22.3 Å². The summed E-state index contributed by atoms with van der Waals surface area (Å²) in [5.41, 5.74) is 3.75. The number of methoxy groups -OCH3 is 1. The lowest BCUT2D eigenvalue weighted by atomic mass is 9.98. The number of hydrogen-bond donors (Lipinski definition) is 2. The number of fused-ring (bicyclic) bond motifs is 3. The molecule has 2 amide bonds. The number of hydrogen-bond acceptors (Lipinski definition) is 5. The molecule has 3 rings (SSSR count). The van der Waals surface area contributed by atoms with E-state index in [-0.39, 0.29) is 32.0 Å². The molecule has 0 radical (unpaired) electrons. The molecule has 1 aliphatic rings. The summed E-state index contributed by atoms with van der Waals surface area (Å²) in [6.45, 7) is 4.04. The molecule has 2 aromatic rings. The maximum atomic E-state index is 13.1. The summed E-state index contributed by atoms with van der Waals surface area (Å²) >= 11 is 0. The van der Waals surface area contributed by atoms with Gasteiger partial charge in [-0.05, 0) is 42.5 Å². The second-order valence-electron chi connectivity index (χ2n) is 9.10. The molecule has 8 heteroatoms. The van der Waals surface area contributed by atoms with Crippen LogP contribution in [0.4, 0.5) is 4.79 Å². The molecule has 182 valence electrons. The molecule has 8 nitrogen and oxygen atoms in total. The molecule has 0 saturated carbocycles. The minimum Gasteiger partial charge on any atom is -0.481 e. The molecule has 0 bridgehead atoms. The topological polar surface area (TPSA) is 105 Å². The van der Waals surface area contributed by atoms with Gasteiger partial charge < -0.3 is 24.8 Å². The molecule has 34 heavy (non-hydrogen) atoms. The molecule has 0 saturated heterocycles. The molecule has 1 atom stereocenters. The summed E-state index contributed by atoms with van der Waals surface area (Å²) in [5.74, 6) is -1.57. The van der Waals surface area contributed by atoms with Crippen LogP contribution in [0, 0.1) is 0 Å². The lowest BCUT2D eigenvalue weighted by Crippen LogP contribution is -2.55. The number of rotatable bonds is 10. The van der Waals surface area contributed by atoms with Gasteiger partial charge in [0.05, 0.1) is 12.1 Å². The highest BCUT2D eigenvalue weighted by Gasteiger charge is 2.34. The van der Waals surface area contributed by atoms with Gasteiger partial charge in [0, 0.05) is 26.5 Å². The predicted octanol–water partition coefficient (Wildman–Crippen LogP) is 3.64. The molecular formula is C26H32N2O6. The Morgan fingerprint density at radius 2 is 1.62 bits per heavy atom. The van der Waals surface area contributed by atoms with Crippen LogP contribution in [0.25, 0.3) is 11.1 Å². The van der Waals surface area contributed by atoms with Gasteiger partial charge in [0.1, 0.15) is 12.6 Å². The second-order valence-corrected chi connectivity index (χ2v) is 9.10. The van der Waals surface area contributed by atoms with Gasteiger partial charge in [-0.2, -0.15) is 0 Å². The van der Waals surface area contributed by atoms with Gasteiger partial charge in [-0.1, -0.05) is 48.5 Å². The Morgan fingerprint density at radius 1 is 1.06 bits per heavy atom. The van der Waals surface area contributed by atoms with E-state index in [2.05, 4.69) is 5.32 Å². The van der Waals surface area contributed by atoms with Gasteiger partial charge in [-0.3, -0.25) is 9.59 Å². The van der Waals surface area contributed by atoms with Gasteiger partial charge >= 0.3 is 12.1 Å². The van der Waals surface area contributed by atoms with E-state index >= 15 is 0 Å². The van der Waals surface area contributed by atoms with Crippen molar-refractivity contribution in [2.24, 2.45) is 0 Å². The first kappa shape index (κ1) is 25.2. The number of nitrogens with zero attached hydrogens (tertiary/aromatic N) is 1. The van der Waals surface area contributed by atoms with E-state index < -0.39 is 29.6 Å². The highest BCUT2D eigenvalue weighted by Crippen LogP contribution is 2.44. The Bertz CT molecular complexity index is 1010. The highest BCUT2D eigenvalue weighted by atomic mass is 16.5. The SMILES string of the molecule is COCC(C)(C)N(C)C(=O)C(CCC(=O)O)NC(=O)OCC1c2ccccc2-c2ccccc21. The van der Waals surface area contributed by atoms with Crippen LogP contribution in [0.5, 0.6) is 0 Å². The number of ether oxygens (including phenoxy) is 2. The van der Waals surface area contributed by atoms with Crippen molar-refractivity contribution < 1.29 is 29.0 Å². The first-order valence-corrected chi connectivity index (χ1v) is 11.3. The number of likely N-dealkylation sites (N-methyl/N-ethyl adjacent to an activating group) is 1. The van der Waals surface area contributed by atoms with Crippen LogP contribution >= 0.6 is 0 Å². The monoisotopic (exact) mass is 468 g/mol. The summed E-state index contributed by atoms with van der Waals surface area (Å²) in [6, 6.07) is 15.0. The van der Waals surface area contributed by atoms with Gasteiger partial charge in [0.15, 0.2) is 0 Å². The number of carbonyl (C=O) groups is 3. The number of carboxylic acid groups (broad SMARTS) is 1. The smallest absolute Gasteiger partial charge is 0.407 e. The molecule has 0 heterocycles. The highest BCUT2D eigenvalue weighted by molar-refractivity contribution is 5.86. The fourth-order valence-electron chi connectivity index (χ4n) is 4.29. The summed E-state index contributed by atoms with van der Waals surface area (Å²) in [6.07, 6.45) is -1.08. The Balaban J connectivity index is 1.70. The van der Waals surface area contributed by atoms with E-state index in [1.54, 1.807) is 7.05 Å². The zero-order chi connectivity index (χ0) is 24.9. The van der Waals surface area contributed by atoms with Crippen LogP contribution in [-0.4, -0.2) is 66.9 Å². The fraction of sp³-hybridized carbons (Fsp3) is 0.423. The number of aliphatic carboxylic acids is 1. The van der Waals surface area contributed by atoms with Crippen molar-refractivity contribution in [3.05, 3.63) is 59.7 Å². The predicted molar refractivity (Wildman–Crippen MR) is 128 cm³/mol. The normalized spacial score (nSPS) is 13.5. The van der Waals surface area contributed by atoms with Crippen molar-refractivity contribution in [1.82, 2.24) is 10.2 Å². The Kier molecular flexibility index (Phi) is 7.94. The molecule has 0 spiro atoms. The lowest BCUT2D eigenvalue weighted by molar-refractivity contribution is -0.140. The Labute approximate surface area is 199 Å². The lowest BCUT2D eigenvalue weighted by Gasteiger charge is -2.37. The molecule has 1 unspecified atom stereocenters. The molecule has 0 aliphatic heterocycles. The van der Waals surface area contributed by atoms with Crippen molar-refractivity contribution in [2.45, 2.75) is 44.2 Å². The van der Waals surface area contributed by atoms with Gasteiger partial charge in [0.25, 0.3) is 0 Å². The minimum atomic E-state index is -1.05. The molecule has 0 fully saturated rings. The van der Waals surface area contributed by atoms with Crippen LogP contribution in [0.2, 0.25) is 0 Å². The van der Waals surface area contributed by atoms with Crippen LogP contribution < -0.4 is 5.32 Å². The summed E-state index contributed by atoms with van der Waals surface area (Å²) in [7, 11) is 3.14. The summed E-state index contributed by atoms with van der Waals surface area (Å²) in [5, 5.41) is 11.7. The zero-order valence-corrected chi connectivity index (χ0v) is 20.0. The number of carboxylic acids is 1. The molecule has 0 aromatic heterocycles. The van der Waals surface area contributed by atoms with E-state index in [1.807, 2.05) is 62.4 Å². The quantitative estimate of drug-likeness (QED) is 0.552. The van der Waals surface area contributed by atoms with E-state index in [1.165, 1.54) is 12.0 Å². The number of amides is 2. The van der Waals surface area contributed by atoms with Crippen molar-refractivity contribution in [3.63, 3.8) is 0 Å². The third kappa shape index (κ3) is 5.56.